The van der Waals surface area contributed by atoms with Gasteiger partial charge in [0.1, 0.15) is 11.6 Å². The molecule has 1 aromatic heterocycles. The molecule has 168 valence electrons. The number of carbonyl (C=O) groups is 1. The molecule has 1 aliphatic rings. The summed E-state index contributed by atoms with van der Waals surface area (Å²) >= 11 is 6.21. The Kier molecular flexibility index (Phi) is 7.12. The number of hydrogen-bond acceptors (Lipinski definition) is 5. The molecule has 0 unspecified atom stereocenters. The molecular weight excluding hydrogens is 424 g/mol. The van der Waals surface area contributed by atoms with Crippen LogP contribution in [0.1, 0.15) is 18.1 Å². The number of amides is 1. The molecule has 0 spiro atoms. The van der Waals surface area contributed by atoms with Gasteiger partial charge in [-0.25, -0.2) is 4.98 Å². The first kappa shape index (κ1) is 22.4. The number of carbonyl (C=O) groups excluding carboxylic acids is 1. The summed E-state index contributed by atoms with van der Waals surface area (Å²) in [4.78, 5) is 20.8. The zero-order valence-electron chi connectivity index (χ0n) is 18.6. The van der Waals surface area contributed by atoms with E-state index in [9.17, 15) is 4.79 Å². The number of methoxy groups -OCH3 is 1. The second-order valence-corrected chi connectivity index (χ2v) is 8.51. The van der Waals surface area contributed by atoms with Crippen molar-refractivity contribution in [2.75, 3.05) is 44.7 Å². The molecule has 1 fully saturated rings. The summed E-state index contributed by atoms with van der Waals surface area (Å²) in [5.41, 5.74) is 3.32. The van der Waals surface area contributed by atoms with Gasteiger partial charge in [0.05, 0.1) is 12.6 Å². The van der Waals surface area contributed by atoms with Crippen molar-refractivity contribution in [2.24, 2.45) is 0 Å². The molecule has 4 rings (SSSR count). The molecule has 0 saturated carbocycles. The van der Waals surface area contributed by atoms with E-state index in [1.54, 1.807) is 14.0 Å². The standard InChI is InChI=1S/C25H29ClN4O2/c1-18(31)29-11-13-30(14-12-29)25-21(15-20-5-6-22(26)16-24(20)28-25)17-27-10-9-19-3-7-23(32-2)8-4-19/h3-8,15-16,27H,9-14,17H2,1-2H3. The van der Waals surface area contributed by atoms with Gasteiger partial charge in [0.15, 0.2) is 0 Å². The van der Waals surface area contributed by atoms with Gasteiger partial charge in [0, 0.05) is 55.6 Å². The van der Waals surface area contributed by atoms with Crippen LogP contribution in [0.5, 0.6) is 5.75 Å². The van der Waals surface area contributed by atoms with Crippen LogP contribution < -0.4 is 15.0 Å². The summed E-state index contributed by atoms with van der Waals surface area (Å²) in [5, 5.41) is 5.33. The van der Waals surface area contributed by atoms with E-state index in [-0.39, 0.29) is 5.91 Å². The van der Waals surface area contributed by atoms with Crippen LogP contribution >= 0.6 is 11.6 Å². The summed E-state index contributed by atoms with van der Waals surface area (Å²) < 4.78 is 5.23. The molecule has 0 radical (unpaired) electrons. The maximum absolute atomic E-state index is 11.7. The van der Waals surface area contributed by atoms with Crippen molar-refractivity contribution in [1.82, 2.24) is 15.2 Å². The molecule has 1 amide bonds. The van der Waals surface area contributed by atoms with Gasteiger partial charge in [0.2, 0.25) is 5.91 Å². The van der Waals surface area contributed by atoms with Gasteiger partial charge in [-0.05, 0) is 48.9 Å². The van der Waals surface area contributed by atoms with Crippen LogP contribution in [0.2, 0.25) is 5.02 Å². The maximum Gasteiger partial charge on any atom is 0.219 e. The van der Waals surface area contributed by atoms with E-state index in [1.165, 1.54) is 5.56 Å². The molecule has 7 heteroatoms. The number of ether oxygens (including phenoxy) is 1. The van der Waals surface area contributed by atoms with Crippen LogP contribution in [0.3, 0.4) is 0 Å². The van der Waals surface area contributed by atoms with Gasteiger partial charge < -0.3 is 19.9 Å². The van der Waals surface area contributed by atoms with Crippen LogP contribution in [0.4, 0.5) is 5.82 Å². The zero-order valence-corrected chi connectivity index (χ0v) is 19.4. The average molecular weight is 453 g/mol. The molecule has 0 atom stereocenters. The Morgan fingerprint density at radius 1 is 1.09 bits per heavy atom. The lowest BCUT2D eigenvalue weighted by Crippen LogP contribution is -2.48. The van der Waals surface area contributed by atoms with E-state index in [1.807, 2.05) is 35.2 Å². The van der Waals surface area contributed by atoms with Gasteiger partial charge in [0.25, 0.3) is 0 Å². The van der Waals surface area contributed by atoms with E-state index in [0.29, 0.717) is 5.02 Å². The highest BCUT2D eigenvalue weighted by atomic mass is 35.5. The topological polar surface area (TPSA) is 57.7 Å². The monoisotopic (exact) mass is 452 g/mol. The fraction of sp³-hybridized carbons (Fsp3) is 0.360. The van der Waals surface area contributed by atoms with Crippen molar-refractivity contribution in [3.8, 4) is 5.75 Å². The fourth-order valence-corrected chi connectivity index (χ4v) is 4.23. The SMILES string of the molecule is COc1ccc(CCNCc2cc3ccc(Cl)cc3nc2N2CCN(C(C)=O)CC2)cc1. The van der Waals surface area contributed by atoms with Crippen LogP contribution in [-0.4, -0.2) is 55.6 Å². The molecule has 1 aliphatic heterocycles. The number of nitrogens with one attached hydrogen (secondary N) is 1. The molecule has 1 saturated heterocycles. The molecule has 0 bridgehead atoms. The first-order chi connectivity index (χ1) is 15.5. The summed E-state index contributed by atoms with van der Waals surface area (Å²) in [6.07, 6.45) is 0.938. The first-order valence-corrected chi connectivity index (χ1v) is 11.3. The largest absolute Gasteiger partial charge is 0.497 e. The normalized spacial score (nSPS) is 14.1. The quantitative estimate of drug-likeness (QED) is 0.551. The van der Waals surface area contributed by atoms with Crippen molar-refractivity contribution in [3.05, 3.63) is 64.7 Å². The minimum Gasteiger partial charge on any atom is -0.497 e. The van der Waals surface area contributed by atoms with Gasteiger partial charge in [-0.3, -0.25) is 4.79 Å². The molecule has 2 aromatic carbocycles. The van der Waals surface area contributed by atoms with Crippen LogP contribution in [0.25, 0.3) is 10.9 Å². The number of anilines is 1. The highest BCUT2D eigenvalue weighted by molar-refractivity contribution is 6.31. The molecule has 2 heterocycles. The zero-order chi connectivity index (χ0) is 22.5. The predicted octanol–water partition coefficient (Wildman–Crippen LogP) is 3.90. The van der Waals surface area contributed by atoms with E-state index in [0.717, 1.165) is 73.7 Å². The van der Waals surface area contributed by atoms with Crippen LogP contribution in [0, 0.1) is 0 Å². The number of aromatic nitrogens is 1. The average Bonchev–Trinajstić information content (AvgIpc) is 2.82. The number of nitrogens with zero attached hydrogens (tertiary/aromatic N) is 3. The lowest BCUT2D eigenvalue weighted by atomic mass is 10.1. The molecule has 3 aromatic rings. The number of piperazine rings is 1. The third-order valence-electron chi connectivity index (χ3n) is 5.93. The van der Waals surface area contributed by atoms with Gasteiger partial charge in [-0.2, -0.15) is 0 Å². The third-order valence-corrected chi connectivity index (χ3v) is 6.16. The number of benzene rings is 2. The Bertz CT molecular complexity index is 1080. The van der Waals surface area contributed by atoms with E-state index < -0.39 is 0 Å². The number of rotatable bonds is 7. The van der Waals surface area contributed by atoms with Crippen molar-refractivity contribution in [2.45, 2.75) is 19.9 Å². The van der Waals surface area contributed by atoms with E-state index >= 15 is 0 Å². The third kappa shape index (κ3) is 5.31. The second kappa shape index (κ2) is 10.2. The lowest BCUT2D eigenvalue weighted by molar-refractivity contribution is -0.129. The Morgan fingerprint density at radius 3 is 2.53 bits per heavy atom. The molecular formula is C25H29ClN4O2. The second-order valence-electron chi connectivity index (χ2n) is 8.08. The van der Waals surface area contributed by atoms with Crippen molar-refractivity contribution < 1.29 is 9.53 Å². The summed E-state index contributed by atoms with van der Waals surface area (Å²) in [7, 11) is 1.68. The van der Waals surface area contributed by atoms with Crippen LogP contribution in [0.15, 0.2) is 48.5 Å². The minimum absolute atomic E-state index is 0.128. The van der Waals surface area contributed by atoms with E-state index in [2.05, 4.69) is 28.4 Å². The summed E-state index contributed by atoms with van der Waals surface area (Å²) in [6.45, 7) is 6.20. The molecule has 6 nitrogen and oxygen atoms in total. The first-order valence-electron chi connectivity index (χ1n) is 11.0. The van der Waals surface area contributed by atoms with Crippen molar-refractivity contribution in [1.29, 1.82) is 0 Å². The maximum atomic E-state index is 11.7. The lowest BCUT2D eigenvalue weighted by Gasteiger charge is -2.36. The Morgan fingerprint density at radius 2 is 1.84 bits per heavy atom. The summed E-state index contributed by atoms with van der Waals surface area (Å²) in [5.74, 6) is 1.97. The van der Waals surface area contributed by atoms with Gasteiger partial charge >= 0.3 is 0 Å². The van der Waals surface area contributed by atoms with Crippen LogP contribution in [-0.2, 0) is 17.8 Å². The Hall–Kier alpha value is -2.83. The van der Waals surface area contributed by atoms with Gasteiger partial charge in [-0.15, -0.1) is 0 Å². The van der Waals surface area contributed by atoms with Crippen molar-refractivity contribution >= 4 is 34.2 Å². The predicted molar refractivity (Wildman–Crippen MR) is 130 cm³/mol. The smallest absolute Gasteiger partial charge is 0.219 e. The summed E-state index contributed by atoms with van der Waals surface area (Å²) in [6, 6.07) is 16.2. The Balaban J connectivity index is 1.48. The fourth-order valence-electron chi connectivity index (χ4n) is 4.06. The number of fused-ring (bicyclic) bond motifs is 1. The van der Waals surface area contributed by atoms with E-state index in [4.69, 9.17) is 21.3 Å². The number of halogens is 1. The minimum atomic E-state index is 0.128. The highest BCUT2D eigenvalue weighted by Crippen LogP contribution is 2.27. The number of pyridine rings is 1. The molecule has 32 heavy (non-hydrogen) atoms. The van der Waals surface area contributed by atoms with Gasteiger partial charge in [-0.1, -0.05) is 29.8 Å². The highest BCUT2D eigenvalue weighted by Gasteiger charge is 2.22. The Labute approximate surface area is 194 Å². The van der Waals surface area contributed by atoms with Crippen molar-refractivity contribution in [3.63, 3.8) is 0 Å². The molecule has 0 aliphatic carbocycles. The molecule has 1 N–H and O–H groups in total. The number of hydrogen-bond donors (Lipinski definition) is 1.